The molecular formula is C17H13F3N4O2S. The van der Waals surface area contributed by atoms with Crippen molar-refractivity contribution in [3.05, 3.63) is 64.2 Å². The summed E-state index contributed by atoms with van der Waals surface area (Å²) in [5.74, 6) is -0.904. The SMILES string of the molecule is Cc1cccn2c(=O)nc(SCC(=O)Nc3ccccc3C(F)(F)F)nc12. The van der Waals surface area contributed by atoms with Crippen LogP contribution in [0.4, 0.5) is 18.9 Å². The molecule has 6 nitrogen and oxygen atoms in total. The normalized spacial score (nSPS) is 11.6. The van der Waals surface area contributed by atoms with E-state index in [0.29, 0.717) is 5.65 Å². The molecule has 0 saturated heterocycles. The van der Waals surface area contributed by atoms with Gasteiger partial charge in [-0.1, -0.05) is 30.0 Å². The number of halogens is 3. The van der Waals surface area contributed by atoms with Crippen LogP contribution < -0.4 is 11.0 Å². The number of benzene rings is 1. The molecule has 1 amide bonds. The van der Waals surface area contributed by atoms with Crippen molar-refractivity contribution in [3.63, 3.8) is 0 Å². The van der Waals surface area contributed by atoms with Gasteiger partial charge in [-0.2, -0.15) is 18.2 Å². The number of hydrogen-bond donors (Lipinski definition) is 1. The lowest BCUT2D eigenvalue weighted by atomic mass is 10.1. The molecule has 0 unspecified atom stereocenters. The van der Waals surface area contributed by atoms with E-state index in [1.165, 1.54) is 28.8 Å². The van der Waals surface area contributed by atoms with Gasteiger partial charge >= 0.3 is 11.9 Å². The Balaban J connectivity index is 1.75. The Morgan fingerprint density at radius 2 is 1.93 bits per heavy atom. The first-order valence-electron chi connectivity index (χ1n) is 7.70. The second-order valence-corrected chi connectivity index (χ2v) is 6.50. The molecule has 10 heteroatoms. The summed E-state index contributed by atoms with van der Waals surface area (Å²) in [6.07, 6.45) is -3.05. The van der Waals surface area contributed by atoms with E-state index < -0.39 is 23.3 Å². The number of rotatable bonds is 4. The van der Waals surface area contributed by atoms with Crippen LogP contribution >= 0.6 is 11.8 Å². The smallest absolute Gasteiger partial charge is 0.325 e. The Hall–Kier alpha value is -2.88. The number of carbonyl (C=O) groups excluding carboxylic acids is 1. The number of amides is 1. The minimum Gasteiger partial charge on any atom is -0.325 e. The van der Waals surface area contributed by atoms with Gasteiger partial charge in [0.15, 0.2) is 5.16 Å². The number of nitrogens with one attached hydrogen (secondary N) is 1. The molecule has 2 aromatic heterocycles. The van der Waals surface area contributed by atoms with Crippen LogP contribution in [0.3, 0.4) is 0 Å². The van der Waals surface area contributed by atoms with E-state index in [9.17, 15) is 22.8 Å². The van der Waals surface area contributed by atoms with Gasteiger partial charge in [-0.25, -0.2) is 9.78 Å². The Bertz CT molecular complexity index is 1070. The van der Waals surface area contributed by atoms with Gasteiger partial charge in [0.1, 0.15) is 5.65 Å². The summed E-state index contributed by atoms with van der Waals surface area (Å²) in [6, 6.07) is 8.16. The molecule has 3 rings (SSSR count). The van der Waals surface area contributed by atoms with Crippen molar-refractivity contribution < 1.29 is 18.0 Å². The highest BCUT2D eigenvalue weighted by molar-refractivity contribution is 7.99. The molecule has 0 radical (unpaired) electrons. The van der Waals surface area contributed by atoms with Crippen LogP contribution in [0.15, 0.2) is 52.5 Å². The van der Waals surface area contributed by atoms with Crippen molar-refractivity contribution >= 4 is 29.0 Å². The third-order valence-corrected chi connectivity index (χ3v) is 4.45. The van der Waals surface area contributed by atoms with Crippen LogP contribution in [0, 0.1) is 6.92 Å². The van der Waals surface area contributed by atoms with E-state index in [1.807, 2.05) is 0 Å². The summed E-state index contributed by atoms with van der Waals surface area (Å²) in [6.45, 7) is 1.77. The molecule has 0 aliphatic rings. The average Bonchev–Trinajstić information content (AvgIpc) is 2.60. The standard InChI is InChI=1S/C17H13F3N4O2S/c1-10-5-4-8-24-14(10)22-15(23-16(24)26)27-9-13(25)21-12-7-3-2-6-11(12)17(18,19)20/h2-8H,9H2,1H3,(H,21,25). The lowest BCUT2D eigenvalue weighted by Crippen LogP contribution is -2.21. The topological polar surface area (TPSA) is 76.4 Å². The summed E-state index contributed by atoms with van der Waals surface area (Å²) in [5, 5.41) is 2.31. The number of alkyl halides is 3. The maximum Gasteiger partial charge on any atom is 0.418 e. The van der Waals surface area contributed by atoms with E-state index in [4.69, 9.17) is 0 Å². The van der Waals surface area contributed by atoms with Crippen LogP contribution in [0.2, 0.25) is 0 Å². The summed E-state index contributed by atoms with van der Waals surface area (Å²) in [5.41, 5.74) is -0.649. The zero-order valence-corrected chi connectivity index (χ0v) is 14.8. The molecule has 27 heavy (non-hydrogen) atoms. The van der Waals surface area contributed by atoms with Crippen molar-refractivity contribution in [1.29, 1.82) is 0 Å². The molecule has 0 aliphatic carbocycles. The molecule has 140 valence electrons. The Morgan fingerprint density at radius 3 is 2.67 bits per heavy atom. The molecule has 0 aliphatic heterocycles. The van der Waals surface area contributed by atoms with E-state index in [2.05, 4.69) is 15.3 Å². The number of anilines is 1. The fourth-order valence-corrected chi connectivity index (χ4v) is 3.00. The number of pyridine rings is 1. The molecular weight excluding hydrogens is 381 g/mol. The molecule has 0 fully saturated rings. The van der Waals surface area contributed by atoms with Gasteiger partial charge in [0, 0.05) is 6.20 Å². The third-order valence-electron chi connectivity index (χ3n) is 3.60. The monoisotopic (exact) mass is 394 g/mol. The second-order valence-electron chi connectivity index (χ2n) is 5.55. The first-order valence-corrected chi connectivity index (χ1v) is 8.69. The van der Waals surface area contributed by atoms with Crippen LogP contribution in [0.5, 0.6) is 0 Å². The van der Waals surface area contributed by atoms with E-state index in [0.717, 1.165) is 23.4 Å². The van der Waals surface area contributed by atoms with Crippen molar-refractivity contribution in [3.8, 4) is 0 Å². The van der Waals surface area contributed by atoms with Gasteiger partial charge in [0.05, 0.1) is 17.0 Å². The highest BCUT2D eigenvalue weighted by Gasteiger charge is 2.33. The minimum absolute atomic E-state index is 0.0774. The largest absolute Gasteiger partial charge is 0.418 e. The maximum atomic E-state index is 13.0. The Kier molecular flexibility index (Phi) is 5.17. The zero-order chi connectivity index (χ0) is 19.6. The first-order chi connectivity index (χ1) is 12.8. The van der Waals surface area contributed by atoms with Crippen molar-refractivity contribution in [2.24, 2.45) is 0 Å². The van der Waals surface area contributed by atoms with Gasteiger partial charge in [0.2, 0.25) is 5.91 Å². The summed E-state index contributed by atoms with van der Waals surface area (Å²) in [4.78, 5) is 32.1. The maximum absolute atomic E-state index is 13.0. The van der Waals surface area contributed by atoms with Crippen molar-refractivity contribution in [2.45, 2.75) is 18.3 Å². The summed E-state index contributed by atoms with van der Waals surface area (Å²) < 4.78 is 40.2. The number of aryl methyl sites for hydroxylation is 1. The number of fused-ring (bicyclic) bond motifs is 1. The van der Waals surface area contributed by atoms with Crippen molar-refractivity contribution in [1.82, 2.24) is 14.4 Å². The predicted octanol–water partition coefficient (Wildman–Crippen LogP) is 3.15. The van der Waals surface area contributed by atoms with Crippen LogP contribution in [-0.2, 0) is 11.0 Å². The molecule has 2 heterocycles. The molecule has 1 aromatic carbocycles. The average molecular weight is 394 g/mol. The van der Waals surface area contributed by atoms with Crippen LogP contribution in [-0.4, -0.2) is 26.0 Å². The molecule has 0 bridgehead atoms. The van der Waals surface area contributed by atoms with Gasteiger partial charge in [-0.15, -0.1) is 0 Å². The third kappa shape index (κ3) is 4.27. The lowest BCUT2D eigenvalue weighted by Gasteiger charge is -2.13. The first kappa shape index (κ1) is 18.9. The molecule has 0 spiro atoms. The summed E-state index contributed by atoms with van der Waals surface area (Å²) >= 11 is 0.870. The van der Waals surface area contributed by atoms with E-state index >= 15 is 0 Å². The number of carbonyl (C=O) groups is 1. The molecule has 0 saturated carbocycles. The second kappa shape index (κ2) is 7.39. The van der Waals surface area contributed by atoms with Crippen LogP contribution in [0.25, 0.3) is 5.65 Å². The van der Waals surface area contributed by atoms with Gasteiger partial charge in [-0.3, -0.25) is 9.20 Å². The highest BCUT2D eigenvalue weighted by atomic mass is 32.2. The van der Waals surface area contributed by atoms with Gasteiger partial charge < -0.3 is 5.32 Å². The molecule has 0 atom stereocenters. The van der Waals surface area contributed by atoms with Crippen molar-refractivity contribution in [2.75, 3.05) is 11.1 Å². The van der Waals surface area contributed by atoms with E-state index in [1.54, 1.807) is 19.1 Å². The fraction of sp³-hybridized carbons (Fsp3) is 0.176. The van der Waals surface area contributed by atoms with Crippen LogP contribution in [0.1, 0.15) is 11.1 Å². The number of nitrogens with zero attached hydrogens (tertiary/aromatic N) is 3. The minimum atomic E-state index is -4.58. The molecule has 3 aromatic rings. The quantitative estimate of drug-likeness (QED) is 0.688. The Labute approximate surface area is 155 Å². The number of thioether (sulfide) groups is 1. The number of hydrogen-bond acceptors (Lipinski definition) is 5. The summed E-state index contributed by atoms with van der Waals surface area (Å²) in [7, 11) is 0. The number of para-hydroxylation sites is 1. The molecule has 1 N–H and O–H groups in total. The predicted molar refractivity (Wildman–Crippen MR) is 94.8 cm³/mol. The van der Waals surface area contributed by atoms with Gasteiger partial charge in [-0.05, 0) is 30.7 Å². The lowest BCUT2D eigenvalue weighted by molar-refractivity contribution is -0.137. The zero-order valence-electron chi connectivity index (χ0n) is 13.9. The van der Waals surface area contributed by atoms with Gasteiger partial charge in [0.25, 0.3) is 0 Å². The number of aromatic nitrogens is 3. The Morgan fingerprint density at radius 1 is 1.19 bits per heavy atom. The fourth-order valence-electron chi connectivity index (χ4n) is 2.38. The van der Waals surface area contributed by atoms with E-state index in [-0.39, 0.29) is 16.6 Å². The highest BCUT2D eigenvalue weighted by Crippen LogP contribution is 2.34.